The number of hydrogen-bond acceptors (Lipinski definition) is 7. The van der Waals surface area contributed by atoms with Crippen LogP contribution in [0.3, 0.4) is 0 Å². The van der Waals surface area contributed by atoms with Gasteiger partial charge in [0, 0.05) is 16.0 Å². The topological polar surface area (TPSA) is 52.1 Å². The second-order valence-corrected chi connectivity index (χ2v) is 8.99. The molecule has 0 bridgehead atoms. The molecule has 4 rings (SSSR count). The van der Waals surface area contributed by atoms with Gasteiger partial charge in [0.2, 0.25) is 0 Å². The summed E-state index contributed by atoms with van der Waals surface area (Å²) in [5.41, 5.74) is 2.54. The molecule has 4 nitrogen and oxygen atoms in total. The number of carbonyl (C=O) groups excluding carboxylic acids is 1. The van der Waals surface area contributed by atoms with Gasteiger partial charge in [-0.1, -0.05) is 24.3 Å². The Kier molecular flexibility index (Phi) is 5.52. The Morgan fingerprint density at radius 2 is 1.93 bits per heavy atom. The van der Waals surface area contributed by atoms with Crippen molar-refractivity contribution in [3.05, 3.63) is 75.2 Å². The zero-order valence-corrected chi connectivity index (χ0v) is 17.0. The first-order valence-corrected chi connectivity index (χ1v) is 11.0. The quantitative estimate of drug-likeness (QED) is 0.300. The molecule has 0 aliphatic carbocycles. The molecule has 7 heteroatoms. The Hall–Kier alpha value is -2.22. The number of benzene rings is 2. The van der Waals surface area contributed by atoms with Crippen LogP contribution in [0.15, 0.2) is 58.8 Å². The average Bonchev–Trinajstić information content (AvgIpc) is 3.30. The van der Waals surface area contributed by atoms with Crippen molar-refractivity contribution < 1.29 is 9.53 Å². The number of ether oxygens (including phenoxy) is 1. The fourth-order valence-corrected chi connectivity index (χ4v) is 5.11. The molecule has 0 atom stereocenters. The Balaban J connectivity index is 1.43. The van der Waals surface area contributed by atoms with Gasteiger partial charge in [0.15, 0.2) is 0 Å². The Morgan fingerprint density at radius 1 is 1.11 bits per heavy atom. The maximum absolute atomic E-state index is 12.6. The summed E-state index contributed by atoms with van der Waals surface area (Å²) >= 11 is 4.78. The molecule has 2 heterocycles. The summed E-state index contributed by atoms with van der Waals surface area (Å²) in [6, 6.07) is 15.4. The zero-order valence-electron chi connectivity index (χ0n) is 14.5. The third kappa shape index (κ3) is 4.37. The lowest BCUT2D eigenvalue weighted by atomic mass is 10.2. The summed E-state index contributed by atoms with van der Waals surface area (Å²) in [6.07, 6.45) is 0. The van der Waals surface area contributed by atoms with E-state index in [-0.39, 0.29) is 12.6 Å². The smallest absolute Gasteiger partial charge is 0.339 e. The molecule has 27 heavy (non-hydrogen) atoms. The summed E-state index contributed by atoms with van der Waals surface area (Å²) in [6.45, 7) is 2.18. The van der Waals surface area contributed by atoms with Gasteiger partial charge in [0.1, 0.15) is 11.6 Å². The predicted molar refractivity (Wildman–Crippen MR) is 112 cm³/mol. The number of thioether (sulfide) groups is 1. The van der Waals surface area contributed by atoms with E-state index in [1.54, 1.807) is 40.5 Å². The molecule has 0 saturated carbocycles. The number of rotatable bonds is 6. The Morgan fingerprint density at radius 3 is 2.74 bits per heavy atom. The van der Waals surface area contributed by atoms with E-state index in [1.807, 2.05) is 49.4 Å². The SMILES string of the molecule is Cc1nc(CSc2ccccc2C(=O)OCc2nc3ccccc3s2)cs1. The van der Waals surface area contributed by atoms with Crippen LogP contribution in [0.4, 0.5) is 0 Å². The summed E-state index contributed by atoms with van der Waals surface area (Å²) in [5.74, 6) is 0.402. The molecule has 0 radical (unpaired) electrons. The number of fused-ring (bicyclic) bond motifs is 1. The maximum Gasteiger partial charge on any atom is 0.339 e. The number of aryl methyl sites for hydroxylation is 1. The van der Waals surface area contributed by atoms with E-state index in [9.17, 15) is 4.79 Å². The lowest BCUT2D eigenvalue weighted by Crippen LogP contribution is -2.06. The maximum atomic E-state index is 12.6. The number of para-hydroxylation sites is 1. The number of aromatic nitrogens is 2. The largest absolute Gasteiger partial charge is 0.455 e. The van der Waals surface area contributed by atoms with E-state index in [0.29, 0.717) is 5.56 Å². The molecule has 4 aromatic rings. The fourth-order valence-electron chi connectivity index (χ4n) is 2.57. The van der Waals surface area contributed by atoms with E-state index >= 15 is 0 Å². The molecule has 0 amide bonds. The van der Waals surface area contributed by atoms with Gasteiger partial charge in [-0.15, -0.1) is 34.4 Å². The van der Waals surface area contributed by atoms with Crippen molar-refractivity contribution in [2.24, 2.45) is 0 Å². The average molecular weight is 413 g/mol. The molecule has 0 saturated heterocycles. The van der Waals surface area contributed by atoms with Crippen molar-refractivity contribution in [2.75, 3.05) is 0 Å². The van der Waals surface area contributed by atoms with Crippen molar-refractivity contribution in [3.63, 3.8) is 0 Å². The highest BCUT2D eigenvalue weighted by molar-refractivity contribution is 7.98. The fraction of sp³-hybridized carbons (Fsp3) is 0.150. The van der Waals surface area contributed by atoms with Gasteiger partial charge in [0.25, 0.3) is 0 Å². The van der Waals surface area contributed by atoms with Crippen LogP contribution in [0, 0.1) is 6.92 Å². The number of hydrogen-bond donors (Lipinski definition) is 0. The molecule has 0 N–H and O–H groups in total. The van der Waals surface area contributed by atoms with Crippen LogP contribution < -0.4 is 0 Å². The van der Waals surface area contributed by atoms with Gasteiger partial charge < -0.3 is 4.74 Å². The van der Waals surface area contributed by atoms with Crippen molar-refractivity contribution in [2.45, 2.75) is 24.2 Å². The Bertz CT molecular complexity index is 1050. The molecule has 0 aliphatic heterocycles. The zero-order chi connectivity index (χ0) is 18.6. The second kappa shape index (κ2) is 8.21. The van der Waals surface area contributed by atoms with Crippen molar-refractivity contribution >= 4 is 50.6 Å². The highest BCUT2D eigenvalue weighted by Crippen LogP contribution is 2.28. The van der Waals surface area contributed by atoms with Crippen molar-refractivity contribution in [1.82, 2.24) is 9.97 Å². The second-order valence-electron chi connectivity index (χ2n) is 5.79. The normalized spacial score (nSPS) is 11.0. The monoisotopic (exact) mass is 412 g/mol. The first-order valence-electron chi connectivity index (χ1n) is 8.33. The third-order valence-corrected chi connectivity index (χ3v) is 6.75. The summed E-state index contributed by atoms with van der Waals surface area (Å²) in [5, 5.41) is 3.90. The minimum atomic E-state index is -0.327. The summed E-state index contributed by atoms with van der Waals surface area (Å²) < 4.78 is 6.62. The lowest BCUT2D eigenvalue weighted by molar-refractivity contribution is 0.0468. The number of carbonyl (C=O) groups is 1. The van der Waals surface area contributed by atoms with Crippen LogP contribution in [-0.4, -0.2) is 15.9 Å². The summed E-state index contributed by atoms with van der Waals surface area (Å²) in [4.78, 5) is 22.5. The van der Waals surface area contributed by atoms with Crippen molar-refractivity contribution in [3.8, 4) is 0 Å². The Labute approximate surface area is 169 Å². The molecule has 2 aromatic carbocycles. The first-order chi connectivity index (χ1) is 13.2. The van der Waals surface area contributed by atoms with Crippen LogP contribution in [0.25, 0.3) is 10.2 Å². The van der Waals surface area contributed by atoms with E-state index in [2.05, 4.69) is 15.3 Å². The number of nitrogens with zero attached hydrogens (tertiary/aromatic N) is 2. The van der Waals surface area contributed by atoms with Gasteiger partial charge in [-0.2, -0.15) is 0 Å². The van der Waals surface area contributed by atoms with Gasteiger partial charge in [-0.3, -0.25) is 0 Å². The molecule has 0 unspecified atom stereocenters. The van der Waals surface area contributed by atoms with E-state index < -0.39 is 0 Å². The van der Waals surface area contributed by atoms with E-state index in [0.717, 1.165) is 36.6 Å². The molecule has 0 fully saturated rings. The van der Waals surface area contributed by atoms with Crippen LogP contribution in [0.5, 0.6) is 0 Å². The minimum Gasteiger partial charge on any atom is -0.455 e. The van der Waals surface area contributed by atoms with E-state index in [4.69, 9.17) is 4.74 Å². The molecular weight excluding hydrogens is 396 g/mol. The predicted octanol–water partition coefficient (Wildman–Crippen LogP) is 5.71. The highest BCUT2D eigenvalue weighted by atomic mass is 32.2. The standard InChI is InChI=1S/C20H16N2O2S3/c1-13-21-14(11-25-13)12-26-17-8-4-2-6-15(17)20(23)24-10-19-22-16-7-3-5-9-18(16)27-19/h2-9,11H,10,12H2,1H3. The first kappa shape index (κ1) is 18.2. The van der Waals surface area contributed by atoms with Gasteiger partial charge in [-0.25, -0.2) is 14.8 Å². The third-order valence-electron chi connectivity index (χ3n) is 3.81. The van der Waals surface area contributed by atoms with Crippen LogP contribution in [0.1, 0.15) is 26.1 Å². The van der Waals surface area contributed by atoms with Crippen LogP contribution >= 0.6 is 34.4 Å². The highest BCUT2D eigenvalue weighted by Gasteiger charge is 2.14. The molecule has 0 spiro atoms. The van der Waals surface area contributed by atoms with Gasteiger partial charge in [0.05, 0.1) is 26.5 Å². The van der Waals surface area contributed by atoms with Gasteiger partial charge in [-0.05, 0) is 31.2 Å². The summed E-state index contributed by atoms with van der Waals surface area (Å²) in [7, 11) is 0. The molecule has 136 valence electrons. The molecular formula is C20H16N2O2S3. The van der Waals surface area contributed by atoms with Crippen molar-refractivity contribution in [1.29, 1.82) is 0 Å². The lowest BCUT2D eigenvalue weighted by Gasteiger charge is -2.08. The molecule has 2 aromatic heterocycles. The molecule has 0 aliphatic rings. The minimum absolute atomic E-state index is 0.183. The van der Waals surface area contributed by atoms with Gasteiger partial charge >= 0.3 is 5.97 Å². The van der Waals surface area contributed by atoms with E-state index in [1.165, 1.54) is 0 Å². The number of thiazole rings is 2. The number of esters is 1. The van der Waals surface area contributed by atoms with Crippen LogP contribution in [0.2, 0.25) is 0 Å². The van der Waals surface area contributed by atoms with Crippen LogP contribution in [-0.2, 0) is 17.1 Å².